The van der Waals surface area contributed by atoms with Crippen LogP contribution in [0.3, 0.4) is 0 Å². The summed E-state index contributed by atoms with van der Waals surface area (Å²) in [5.74, 6) is -0.177. The number of pyridine rings is 2. The molecule has 0 aliphatic rings. The van der Waals surface area contributed by atoms with Gasteiger partial charge in [-0.05, 0) is 18.2 Å². The van der Waals surface area contributed by atoms with Crippen molar-refractivity contribution in [1.29, 1.82) is 0 Å². The predicted molar refractivity (Wildman–Crippen MR) is 52.9 cm³/mol. The van der Waals surface area contributed by atoms with E-state index in [-0.39, 0.29) is 5.91 Å². The van der Waals surface area contributed by atoms with E-state index in [4.69, 9.17) is 0 Å². The molecular formula is C10H9N3O. The van der Waals surface area contributed by atoms with E-state index in [9.17, 15) is 4.79 Å². The van der Waals surface area contributed by atoms with Crippen molar-refractivity contribution >= 4 is 16.8 Å². The van der Waals surface area contributed by atoms with Crippen LogP contribution < -0.4 is 5.32 Å². The summed E-state index contributed by atoms with van der Waals surface area (Å²) in [6.45, 7) is 0. The molecule has 0 spiro atoms. The molecule has 0 aliphatic heterocycles. The molecule has 0 atom stereocenters. The van der Waals surface area contributed by atoms with Gasteiger partial charge in [0, 0.05) is 24.8 Å². The topological polar surface area (TPSA) is 54.9 Å². The van der Waals surface area contributed by atoms with Crippen LogP contribution in [0.2, 0.25) is 0 Å². The van der Waals surface area contributed by atoms with Crippen LogP contribution in [0.5, 0.6) is 0 Å². The number of nitrogens with one attached hydrogen (secondary N) is 1. The van der Waals surface area contributed by atoms with Crippen LogP contribution in [0, 0.1) is 0 Å². The van der Waals surface area contributed by atoms with Crippen molar-refractivity contribution in [1.82, 2.24) is 15.3 Å². The Labute approximate surface area is 81.0 Å². The lowest BCUT2D eigenvalue weighted by Crippen LogP contribution is -2.18. The summed E-state index contributed by atoms with van der Waals surface area (Å²) >= 11 is 0. The van der Waals surface area contributed by atoms with Gasteiger partial charge < -0.3 is 5.32 Å². The monoisotopic (exact) mass is 187 g/mol. The number of hydrogen-bond donors (Lipinski definition) is 1. The molecule has 1 N–H and O–H groups in total. The first-order chi connectivity index (χ1) is 6.81. The van der Waals surface area contributed by atoms with Crippen LogP contribution in [0.1, 0.15) is 10.5 Å². The second-order valence-corrected chi connectivity index (χ2v) is 2.84. The highest BCUT2D eigenvalue weighted by atomic mass is 16.1. The largest absolute Gasteiger partial charge is 0.354 e. The Bertz CT molecular complexity index is 482. The first-order valence-corrected chi connectivity index (χ1v) is 4.24. The van der Waals surface area contributed by atoms with Crippen LogP contribution >= 0.6 is 0 Å². The molecule has 0 aliphatic carbocycles. The van der Waals surface area contributed by atoms with Gasteiger partial charge in [-0.15, -0.1) is 0 Å². The molecular weight excluding hydrogens is 178 g/mol. The first kappa shape index (κ1) is 8.62. The van der Waals surface area contributed by atoms with Gasteiger partial charge >= 0.3 is 0 Å². The summed E-state index contributed by atoms with van der Waals surface area (Å²) in [5.41, 5.74) is 1.20. The maximum Gasteiger partial charge on any atom is 0.269 e. The molecule has 2 heterocycles. The van der Waals surface area contributed by atoms with E-state index < -0.39 is 0 Å². The van der Waals surface area contributed by atoms with Gasteiger partial charge in [0.2, 0.25) is 0 Å². The number of aromatic nitrogens is 2. The number of carbonyl (C=O) groups is 1. The fourth-order valence-electron chi connectivity index (χ4n) is 1.22. The third kappa shape index (κ3) is 1.42. The standard InChI is InChI=1S/C10H9N3O/c1-11-10(14)9-3-2-7-6-12-5-4-8(7)13-9/h2-6H,1H3,(H,11,14). The van der Waals surface area contributed by atoms with Gasteiger partial charge in [0.05, 0.1) is 5.52 Å². The quantitative estimate of drug-likeness (QED) is 0.724. The number of amides is 1. The lowest BCUT2D eigenvalue weighted by Gasteiger charge is -2.00. The smallest absolute Gasteiger partial charge is 0.269 e. The Balaban J connectivity index is 2.56. The minimum Gasteiger partial charge on any atom is -0.354 e. The van der Waals surface area contributed by atoms with Gasteiger partial charge in [-0.2, -0.15) is 0 Å². The van der Waals surface area contributed by atoms with Gasteiger partial charge in [0.25, 0.3) is 5.91 Å². The highest BCUT2D eigenvalue weighted by molar-refractivity contribution is 5.94. The lowest BCUT2D eigenvalue weighted by atomic mass is 10.2. The van der Waals surface area contributed by atoms with E-state index in [1.165, 1.54) is 0 Å². The van der Waals surface area contributed by atoms with E-state index in [1.807, 2.05) is 6.07 Å². The minimum atomic E-state index is -0.177. The van der Waals surface area contributed by atoms with Crippen LogP contribution in [0.15, 0.2) is 30.6 Å². The fourth-order valence-corrected chi connectivity index (χ4v) is 1.22. The van der Waals surface area contributed by atoms with E-state index in [0.29, 0.717) is 5.69 Å². The summed E-state index contributed by atoms with van der Waals surface area (Å²) in [6, 6.07) is 5.30. The SMILES string of the molecule is CNC(=O)c1ccc2cnccc2n1. The zero-order chi connectivity index (χ0) is 9.97. The molecule has 4 nitrogen and oxygen atoms in total. The van der Waals surface area contributed by atoms with Crippen molar-refractivity contribution in [3.05, 3.63) is 36.3 Å². The average Bonchev–Trinajstić information content (AvgIpc) is 2.27. The van der Waals surface area contributed by atoms with Crippen molar-refractivity contribution in [2.24, 2.45) is 0 Å². The number of nitrogens with zero attached hydrogens (tertiary/aromatic N) is 2. The Morgan fingerprint density at radius 1 is 1.36 bits per heavy atom. The van der Waals surface area contributed by atoms with Gasteiger partial charge in [0.1, 0.15) is 5.69 Å². The van der Waals surface area contributed by atoms with E-state index in [1.54, 1.807) is 31.6 Å². The molecule has 0 aromatic carbocycles. The highest BCUT2D eigenvalue weighted by Crippen LogP contribution is 2.09. The van der Waals surface area contributed by atoms with Crippen molar-refractivity contribution in [2.75, 3.05) is 7.05 Å². The molecule has 2 aromatic heterocycles. The maximum absolute atomic E-state index is 11.3. The molecule has 1 amide bonds. The molecule has 2 aromatic rings. The zero-order valence-electron chi connectivity index (χ0n) is 7.69. The van der Waals surface area contributed by atoms with Gasteiger partial charge in [-0.3, -0.25) is 9.78 Å². The number of rotatable bonds is 1. The Morgan fingerprint density at radius 2 is 2.21 bits per heavy atom. The molecule has 0 saturated heterocycles. The average molecular weight is 187 g/mol. The lowest BCUT2D eigenvalue weighted by molar-refractivity contribution is 0.0958. The minimum absolute atomic E-state index is 0.177. The van der Waals surface area contributed by atoms with E-state index in [0.717, 1.165) is 10.9 Å². The molecule has 0 unspecified atom stereocenters. The Morgan fingerprint density at radius 3 is 3.00 bits per heavy atom. The molecule has 4 heteroatoms. The molecule has 0 radical (unpaired) electrons. The van der Waals surface area contributed by atoms with Crippen molar-refractivity contribution < 1.29 is 4.79 Å². The maximum atomic E-state index is 11.3. The molecule has 2 rings (SSSR count). The number of fused-ring (bicyclic) bond motifs is 1. The predicted octanol–water partition coefficient (Wildman–Crippen LogP) is 0.989. The Kier molecular flexibility index (Phi) is 2.10. The van der Waals surface area contributed by atoms with Gasteiger partial charge in [0.15, 0.2) is 0 Å². The van der Waals surface area contributed by atoms with Crippen LogP contribution in [0.25, 0.3) is 10.9 Å². The van der Waals surface area contributed by atoms with Crippen molar-refractivity contribution in [3.8, 4) is 0 Å². The van der Waals surface area contributed by atoms with E-state index in [2.05, 4.69) is 15.3 Å². The number of carbonyl (C=O) groups excluding carboxylic acids is 1. The Hall–Kier alpha value is -1.97. The normalized spacial score (nSPS) is 10.1. The highest BCUT2D eigenvalue weighted by Gasteiger charge is 2.04. The zero-order valence-corrected chi connectivity index (χ0v) is 7.69. The molecule has 70 valence electrons. The van der Waals surface area contributed by atoms with Crippen LogP contribution in [-0.4, -0.2) is 22.9 Å². The third-order valence-corrected chi connectivity index (χ3v) is 1.95. The van der Waals surface area contributed by atoms with Gasteiger partial charge in [-0.1, -0.05) is 0 Å². The molecule has 14 heavy (non-hydrogen) atoms. The van der Waals surface area contributed by atoms with Crippen LogP contribution in [0.4, 0.5) is 0 Å². The summed E-state index contributed by atoms with van der Waals surface area (Å²) in [6.07, 6.45) is 3.37. The second kappa shape index (κ2) is 3.41. The van der Waals surface area contributed by atoms with Crippen molar-refractivity contribution in [2.45, 2.75) is 0 Å². The summed E-state index contributed by atoms with van der Waals surface area (Å²) < 4.78 is 0. The number of hydrogen-bond acceptors (Lipinski definition) is 3. The molecule has 0 bridgehead atoms. The summed E-state index contributed by atoms with van der Waals surface area (Å²) in [4.78, 5) is 19.4. The summed E-state index contributed by atoms with van der Waals surface area (Å²) in [5, 5.41) is 3.46. The first-order valence-electron chi connectivity index (χ1n) is 4.24. The molecule has 0 saturated carbocycles. The summed E-state index contributed by atoms with van der Waals surface area (Å²) in [7, 11) is 1.58. The third-order valence-electron chi connectivity index (χ3n) is 1.95. The molecule has 0 fully saturated rings. The van der Waals surface area contributed by atoms with E-state index >= 15 is 0 Å². The fraction of sp³-hybridized carbons (Fsp3) is 0.100. The van der Waals surface area contributed by atoms with Crippen LogP contribution in [-0.2, 0) is 0 Å². The van der Waals surface area contributed by atoms with Gasteiger partial charge in [-0.25, -0.2) is 4.98 Å². The van der Waals surface area contributed by atoms with Crippen molar-refractivity contribution in [3.63, 3.8) is 0 Å². The second-order valence-electron chi connectivity index (χ2n) is 2.84.